The monoisotopic (exact) mass is 173 g/mol. The van der Waals surface area contributed by atoms with E-state index >= 15 is 0 Å². The lowest BCUT2D eigenvalue weighted by Gasteiger charge is -2.07. The Balaban J connectivity index is 2.95. The van der Waals surface area contributed by atoms with Crippen molar-refractivity contribution in [2.45, 2.75) is 0 Å². The normalized spacial score (nSPS) is 17.9. The minimum Gasteiger partial charge on any atom is -0.360 e. The van der Waals surface area contributed by atoms with Crippen LogP contribution in [0.3, 0.4) is 0 Å². The molecule has 0 bridgehead atoms. The second kappa shape index (κ2) is 4.02. The van der Waals surface area contributed by atoms with Gasteiger partial charge in [0, 0.05) is 12.4 Å². The van der Waals surface area contributed by atoms with Gasteiger partial charge in [-0.3, -0.25) is 4.79 Å². The maximum atomic E-state index is 10.4. The van der Waals surface area contributed by atoms with Crippen LogP contribution in [0.2, 0.25) is 0 Å². The van der Waals surface area contributed by atoms with Crippen LogP contribution in [0.5, 0.6) is 0 Å². The summed E-state index contributed by atoms with van der Waals surface area (Å²) in [4.78, 5) is 10.4. The minimum atomic E-state index is 0.254. The first-order chi connectivity index (χ1) is 6.31. The van der Waals surface area contributed by atoms with Crippen LogP contribution in [0.4, 0.5) is 0 Å². The average Bonchev–Trinajstić information content (AvgIpc) is 2.21. The van der Waals surface area contributed by atoms with Gasteiger partial charge < -0.3 is 10.7 Å². The molecule has 4 nitrogen and oxygen atoms in total. The van der Waals surface area contributed by atoms with E-state index in [4.69, 9.17) is 10.7 Å². The van der Waals surface area contributed by atoms with E-state index in [0.717, 1.165) is 6.21 Å². The van der Waals surface area contributed by atoms with E-state index in [2.05, 4.69) is 5.32 Å². The lowest BCUT2D eigenvalue weighted by molar-refractivity contribution is -0.104. The molecule has 0 saturated carbocycles. The zero-order chi connectivity index (χ0) is 9.68. The van der Waals surface area contributed by atoms with Crippen LogP contribution in [0.1, 0.15) is 0 Å². The standard InChI is InChI=1S/C9H7N3O/c10-3-7-1-2-9(12-5-7)8(4-11)6-13/h1-2,4-6,11-12H/b9-8+,11-4?. The maximum absolute atomic E-state index is 10.4. The molecule has 0 aromatic rings. The zero-order valence-corrected chi connectivity index (χ0v) is 6.74. The highest BCUT2D eigenvalue weighted by molar-refractivity contribution is 6.01. The van der Waals surface area contributed by atoms with Crippen molar-refractivity contribution in [3.8, 4) is 6.07 Å². The minimum absolute atomic E-state index is 0.254. The number of nitriles is 1. The predicted octanol–water partition coefficient (Wildman–Crippen LogP) is 0.656. The molecule has 2 N–H and O–H groups in total. The number of dihydropyridines is 1. The lowest BCUT2D eigenvalue weighted by atomic mass is 10.1. The molecule has 0 atom stereocenters. The van der Waals surface area contributed by atoms with E-state index in [1.807, 2.05) is 6.07 Å². The Kier molecular flexibility index (Phi) is 2.77. The van der Waals surface area contributed by atoms with Gasteiger partial charge in [0.05, 0.1) is 16.8 Å². The summed E-state index contributed by atoms with van der Waals surface area (Å²) < 4.78 is 0. The van der Waals surface area contributed by atoms with Crippen LogP contribution < -0.4 is 5.32 Å². The third-order valence-electron chi connectivity index (χ3n) is 1.54. The fourth-order valence-electron chi connectivity index (χ4n) is 0.849. The number of rotatable bonds is 2. The summed E-state index contributed by atoms with van der Waals surface area (Å²) in [6, 6.07) is 1.94. The first kappa shape index (κ1) is 8.94. The molecule has 0 amide bonds. The number of carbonyl (C=O) groups is 1. The Labute approximate surface area is 75.4 Å². The third-order valence-corrected chi connectivity index (χ3v) is 1.54. The molecule has 1 aliphatic heterocycles. The molecule has 4 heteroatoms. The van der Waals surface area contributed by atoms with Gasteiger partial charge in [-0.05, 0) is 12.2 Å². The summed E-state index contributed by atoms with van der Waals surface area (Å²) in [5, 5.41) is 18.2. The van der Waals surface area contributed by atoms with E-state index in [1.54, 1.807) is 12.2 Å². The first-order valence-corrected chi connectivity index (χ1v) is 3.56. The Morgan fingerprint density at radius 1 is 1.62 bits per heavy atom. The van der Waals surface area contributed by atoms with E-state index in [-0.39, 0.29) is 5.57 Å². The number of carbonyl (C=O) groups excluding carboxylic acids is 1. The number of nitrogens with one attached hydrogen (secondary N) is 2. The van der Waals surface area contributed by atoms with Crippen LogP contribution in [0.15, 0.2) is 35.2 Å². The van der Waals surface area contributed by atoms with Gasteiger partial charge in [-0.15, -0.1) is 0 Å². The fraction of sp³-hybridized carbons (Fsp3) is 0. The molecule has 0 spiro atoms. The van der Waals surface area contributed by atoms with Gasteiger partial charge in [0.2, 0.25) is 0 Å². The first-order valence-electron chi connectivity index (χ1n) is 3.56. The summed E-state index contributed by atoms with van der Waals surface area (Å²) in [5.74, 6) is 0. The molecule has 64 valence electrons. The molecule has 0 unspecified atom stereocenters. The SMILES string of the molecule is N#CC1=CN/C(=C(\C=N)C=O)C=C1. The lowest BCUT2D eigenvalue weighted by Crippen LogP contribution is -2.11. The largest absolute Gasteiger partial charge is 0.360 e. The molecular formula is C9H7N3O. The van der Waals surface area contributed by atoms with Crippen LogP contribution in [-0.2, 0) is 4.79 Å². The molecule has 0 aromatic carbocycles. The molecule has 13 heavy (non-hydrogen) atoms. The topological polar surface area (TPSA) is 76.7 Å². The van der Waals surface area contributed by atoms with Crippen molar-refractivity contribution >= 4 is 12.5 Å². The molecule has 1 heterocycles. The van der Waals surface area contributed by atoms with E-state index in [9.17, 15) is 4.79 Å². The summed E-state index contributed by atoms with van der Waals surface area (Å²) in [5.41, 5.74) is 1.27. The van der Waals surface area contributed by atoms with E-state index in [0.29, 0.717) is 17.6 Å². The highest BCUT2D eigenvalue weighted by Crippen LogP contribution is 2.07. The number of allylic oxidation sites excluding steroid dienone is 4. The molecule has 1 rings (SSSR count). The smallest absolute Gasteiger partial charge is 0.153 e. The Hall–Kier alpha value is -2.15. The second-order valence-corrected chi connectivity index (χ2v) is 2.32. The van der Waals surface area contributed by atoms with Crippen LogP contribution in [0, 0.1) is 16.7 Å². The van der Waals surface area contributed by atoms with E-state index < -0.39 is 0 Å². The van der Waals surface area contributed by atoms with Gasteiger partial charge >= 0.3 is 0 Å². The van der Waals surface area contributed by atoms with Crippen molar-refractivity contribution in [3.05, 3.63) is 35.2 Å². The fourth-order valence-corrected chi connectivity index (χ4v) is 0.849. The number of hydrogen-bond acceptors (Lipinski definition) is 4. The van der Waals surface area contributed by atoms with Gasteiger partial charge in [0.1, 0.15) is 6.07 Å². The molecule has 0 saturated heterocycles. The number of hydrogen-bond donors (Lipinski definition) is 2. The third kappa shape index (κ3) is 1.91. The average molecular weight is 173 g/mol. The summed E-state index contributed by atoms with van der Waals surface area (Å²) in [7, 11) is 0. The molecule has 0 fully saturated rings. The van der Waals surface area contributed by atoms with Gasteiger partial charge in [0.15, 0.2) is 6.29 Å². The van der Waals surface area contributed by atoms with E-state index in [1.165, 1.54) is 6.20 Å². The number of nitrogens with zero attached hydrogens (tertiary/aromatic N) is 1. The van der Waals surface area contributed by atoms with Gasteiger partial charge in [-0.25, -0.2) is 0 Å². The van der Waals surface area contributed by atoms with Crippen molar-refractivity contribution in [3.63, 3.8) is 0 Å². The molecule has 0 aromatic heterocycles. The zero-order valence-electron chi connectivity index (χ0n) is 6.74. The highest BCUT2D eigenvalue weighted by Gasteiger charge is 2.03. The molecular weight excluding hydrogens is 166 g/mol. The summed E-state index contributed by atoms with van der Waals surface area (Å²) in [6.07, 6.45) is 6.21. The van der Waals surface area contributed by atoms with Crippen molar-refractivity contribution < 1.29 is 4.79 Å². The summed E-state index contributed by atoms with van der Waals surface area (Å²) >= 11 is 0. The Morgan fingerprint density at radius 2 is 2.38 bits per heavy atom. The van der Waals surface area contributed by atoms with Crippen molar-refractivity contribution in [2.75, 3.05) is 0 Å². The second-order valence-electron chi connectivity index (χ2n) is 2.32. The Bertz CT molecular complexity index is 359. The maximum Gasteiger partial charge on any atom is 0.153 e. The number of aldehydes is 1. The highest BCUT2D eigenvalue weighted by atomic mass is 16.1. The van der Waals surface area contributed by atoms with Gasteiger partial charge in [0.25, 0.3) is 0 Å². The van der Waals surface area contributed by atoms with Crippen LogP contribution in [-0.4, -0.2) is 12.5 Å². The predicted molar refractivity (Wildman–Crippen MR) is 47.8 cm³/mol. The van der Waals surface area contributed by atoms with Crippen LogP contribution >= 0.6 is 0 Å². The van der Waals surface area contributed by atoms with Crippen molar-refractivity contribution in [1.29, 1.82) is 10.7 Å². The molecule has 0 aliphatic carbocycles. The van der Waals surface area contributed by atoms with Gasteiger partial charge in [-0.1, -0.05) is 0 Å². The molecule has 1 aliphatic rings. The van der Waals surface area contributed by atoms with Crippen LogP contribution in [0.25, 0.3) is 0 Å². The van der Waals surface area contributed by atoms with Crippen molar-refractivity contribution in [2.24, 2.45) is 0 Å². The quantitative estimate of drug-likeness (QED) is 0.365. The van der Waals surface area contributed by atoms with Gasteiger partial charge in [-0.2, -0.15) is 5.26 Å². The Morgan fingerprint density at radius 3 is 2.77 bits per heavy atom. The molecule has 0 radical (unpaired) electrons. The summed E-state index contributed by atoms with van der Waals surface area (Å²) in [6.45, 7) is 0. The van der Waals surface area contributed by atoms with Crippen molar-refractivity contribution in [1.82, 2.24) is 5.32 Å².